The van der Waals surface area contributed by atoms with Crippen LogP contribution in [0.15, 0.2) is 30.5 Å². The van der Waals surface area contributed by atoms with Crippen LogP contribution in [0.2, 0.25) is 0 Å². The van der Waals surface area contributed by atoms with Gasteiger partial charge < -0.3 is 9.88 Å². The minimum atomic E-state index is -2.70. The van der Waals surface area contributed by atoms with E-state index < -0.39 is 5.92 Å². The normalized spacial score (nSPS) is 16.4. The van der Waals surface area contributed by atoms with Crippen molar-refractivity contribution in [3.05, 3.63) is 41.9 Å². The Labute approximate surface area is 160 Å². The molecule has 1 N–H and O–H groups in total. The van der Waals surface area contributed by atoms with E-state index in [0.29, 0.717) is 28.5 Å². The number of piperidine rings is 1. The molecule has 0 atom stereocenters. The molecule has 1 aliphatic rings. The van der Waals surface area contributed by atoms with E-state index in [9.17, 15) is 13.6 Å². The van der Waals surface area contributed by atoms with Crippen LogP contribution in [0.3, 0.4) is 0 Å². The smallest absolute Gasteiger partial charge is 0.254 e. The standard InChI is InChI=1S/C19H20F2N6O/c1-12-22-17(24-23-12)13-3-4-14(15(11-13)16-5-8-26(2)25-16)18(28)27-9-6-19(20,21)7-10-27/h3-5,8,11H,6-7,9-10H2,1-2H3,(H,22,23,24). The van der Waals surface area contributed by atoms with E-state index in [2.05, 4.69) is 20.3 Å². The van der Waals surface area contributed by atoms with E-state index in [0.717, 1.165) is 5.56 Å². The van der Waals surface area contributed by atoms with Gasteiger partial charge in [0.25, 0.3) is 11.8 Å². The van der Waals surface area contributed by atoms with E-state index in [1.54, 1.807) is 37.0 Å². The molecule has 9 heteroatoms. The maximum Gasteiger partial charge on any atom is 0.254 e. The van der Waals surface area contributed by atoms with E-state index >= 15 is 0 Å². The highest BCUT2D eigenvalue weighted by atomic mass is 19.3. The molecule has 1 amide bonds. The molecule has 0 aliphatic carbocycles. The summed E-state index contributed by atoms with van der Waals surface area (Å²) in [5, 5.41) is 12.5. The number of aromatic amines is 1. The Balaban J connectivity index is 1.73. The lowest BCUT2D eigenvalue weighted by molar-refractivity contribution is -0.0494. The molecular weight excluding hydrogens is 366 g/mol. The number of aromatic nitrogens is 5. The molecule has 146 valence electrons. The molecule has 28 heavy (non-hydrogen) atoms. The summed E-state index contributed by atoms with van der Waals surface area (Å²) in [6.07, 6.45) is 1.16. The number of alkyl halides is 2. The second kappa shape index (κ2) is 6.81. The van der Waals surface area contributed by atoms with E-state index in [4.69, 9.17) is 0 Å². The van der Waals surface area contributed by atoms with Gasteiger partial charge in [0.1, 0.15) is 5.82 Å². The van der Waals surface area contributed by atoms with Gasteiger partial charge in [-0.2, -0.15) is 5.10 Å². The average Bonchev–Trinajstić information content (AvgIpc) is 3.29. The number of amides is 1. The Kier molecular flexibility index (Phi) is 4.44. The van der Waals surface area contributed by atoms with Gasteiger partial charge >= 0.3 is 0 Å². The number of aryl methyl sites for hydroxylation is 2. The lowest BCUT2D eigenvalue weighted by atomic mass is 9.98. The van der Waals surface area contributed by atoms with E-state index in [-0.39, 0.29) is 31.8 Å². The summed E-state index contributed by atoms with van der Waals surface area (Å²) in [5.41, 5.74) is 2.47. The molecule has 2 aromatic heterocycles. The zero-order valence-corrected chi connectivity index (χ0v) is 15.6. The Bertz CT molecular complexity index is 1020. The maximum absolute atomic E-state index is 13.5. The fourth-order valence-corrected chi connectivity index (χ4v) is 3.33. The second-order valence-corrected chi connectivity index (χ2v) is 7.04. The molecule has 0 saturated carbocycles. The summed E-state index contributed by atoms with van der Waals surface area (Å²) in [5.74, 6) is -1.69. The monoisotopic (exact) mass is 386 g/mol. The van der Waals surface area contributed by atoms with Crippen molar-refractivity contribution >= 4 is 5.91 Å². The molecule has 0 spiro atoms. The summed E-state index contributed by atoms with van der Waals surface area (Å²) in [7, 11) is 1.79. The quantitative estimate of drug-likeness (QED) is 0.750. The number of benzene rings is 1. The molecule has 3 heterocycles. The molecular formula is C19H20F2N6O. The third-order valence-electron chi connectivity index (χ3n) is 4.89. The summed E-state index contributed by atoms with van der Waals surface area (Å²) >= 11 is 0. The minimum Gasteiger partial charge on any atom is -0.338 e. The number of carbonyl (C=O) groups excluding carboxylic acids is 1. The summed E-state index contributed by atoms with van der Waals surface area (Å²) in [4.78, 5) is 17.6. The molecule has 0 unspecified atom stereocenters. The molecule has 0 radical (unpaired) electrons. The van der Waals surface area contributed by atoms with Crippen molar-refractivity contribution in [3.8, 4) is 22.6 Å². The zero-order valence-electron chi connectivity index (χ0n) is 15.6. The molecule has 0 bridgehead atoms. The van der Waals surface area contributed by atoms with E-state index in [1.807, 2.05) is 12.1 Å². The highest BCUT2D eigenvalue weighted by molar-refractivity contribution is 6.01. The molecule has 1 saturated heterocycles. The fraction of sp³-hybridized carbons (Fsp3) is 0.368. The van der Waals surface area contributed by atoms with Gasteiger partial charge in [0.15, 0.2) is 5.82 Å². The number of likely N-dealkylation sites (tertiary alicyclic amines) is 1. The summed E-state index contributed by atoms with van der Waals surface area (Å²) < 4.78 is 28.6. The lowest BCUT2D eigenvalue weighted by Crippen LogP contribution is -2.42. The number of carbonyl (C=O) groups is 1. The Morgan fingerprint density at radius 1 is 1.18 bits per heavy atom. The van der Waals surface area contributed by atoms with Crippen LogP contribution in [-0.4, -0.2) is 54.8 Å². The van der Waals surface area contributed by atoms with Crippen LogP contribution in [-0.2, 0) is 7.05 Å². The fourth-order valence-electron chi connectivity index (χ4n) is 3.33. The predicted molar refractivity (Wildman–Crippen MR) is 98.8 cm³/mol. The van der Waals surface area contributed by atoms with Crippen molar-refractivity contribution in [1.82, 2.24) is 29.9 Å². The molecule has 1 aliphatic heterocycles. The zero-order chi connectivity index (χ0) is 19.9. The van der Waals surface area contributed by atoms with Crippen molar-refractivity contribution in [2.75, 3.05) is 13.1 Å². The van der Waals surface area contributed by atoms with Crippen molar-refractivity contribution in [2.24, 2.45) is 7.05 Å². The van der Waals surface area contributed by atoms with Crippen LogP contribution >= 0.6 is 0 Å². The van der Waals surface area contributed by atoms with Crippen LogP contribution in [0, 0.1) is 6.92 Å². The van der Waals surface area contributed by atoms with Gasteiger partial charge in [-0.15, -0.1) is 10.2 Å². The number of hydrogen-bond donors (Lipinski definition) is 1. The molecule has 3 aromatic rings. The van der Waals surface area contributed by atoms with Crippen LogP contribution in [0.1, 0.15) is 29.0 Å². The number of rotatable bonds is 3. The predicted octanol–water partition coefficient (Wildman–Crippen LogP) is 3.05. The van der Waals surface area contributed by atoms with Gasteiger partial charge in [0.2, 0.25) is 0 Å². The summed E-state index contributed by atoms with van der Waals surface area (Å²) in [6.45, 7) is 1.88. The third-order valence-corrected chi connectivity index (χ3v) is 4.89. The van der Waals surface area contributed by atoms with Crippen molar-refractivity contribution in [1.29, 1.82) is 0 Å². The highest BCUT2D eigenvalue weighted by Gasteiger charge is 2.36. The highest BCUT2D eigenvalue weighted by Crippen LogP contribution is 2.32. The third kappa shape index (κ3) is 3.51. The number of hydrogen-bond acceptors (Lipinski definition) is 4. The van der Waals surface area contributed by atoms with Gasteiger partial charge in [-0.25, -0.2) is 8.78 Å². The van der Waals surface area contributed by atoms with Gasteiger partial charge in [-0.3, -0.25) is 9.48 Å². The largest absolute Gasteiger partial charge is 0.338 e. The van der Waals surface area contributed by atoms with Crippen LogP contribution in [0.25, 0.3) is 22.6 Å². The second-order valence-electron chi connectivity index (χ2n) is 7.04. The van der Waals surface area contributed by atoms with Crippen molar-refractivity contribution in [3.63, 3.8) is 0 Å². The number of nitrogens with zero attached hydrogens (tertiary/aromatic N) is 5. The first kappa shape index (κ1) is 18.3. The molecule has 7 nitrogen and oxygen atoms in total. The maximum atomic E-state index is 13.5. The molecule has 1 aromatic carbocycles. The Morgan fingerprint density at radius 2 is 1.93 bits per heavy atom. The average molecular weight is 386 g/mol. The number of H-pyrrole nitrogens is 1. The molecule has 1 fully saturated rings. The first-order valence-corrected chi connectivity index (χ1v) is 9.03. The Morgan fingerprint density at radius 3 is 2.54 bits per heavy atom. The van der Waals surface area contributed by atoms with Crippen LogP contribution < -0.4 is 0 Å². The van der Waals surface area contributed by atoms with Gasteiger partial charge in [-0.05, 0) is 25.1 Å². The summed E-state index contributed by atoms with van der Waals surface area (Å²) in [6, 6.07) is 7.12. The van der Waals surface area contributed by atoms with Crippen molar-refractivity contribution < 1.29 is 13.6 Å². The molecule has 4 rings (SSSR count). The lowest BCUT2D eigenvalue weighted by Gasteiger charge is -2.32. The SMILES string of the molecule is Cc1nnc(-c2ccc(C(=O)N3CCC(F)(F)CC3)c(-c3ccn(C)n3)c2)[nH]1. The topological polar surface area (TPSA) is 79.7 Å². The van der Waals surface area contributed by atoms with Crippen LogP contribution in [0.5, 0.6) is 0 Å². The number of halogens is 2. The van der Waals surface area contributed by atoms with Gasteiger partial charge in [0.05, 0.1) is 5.69 Å². The first-order chi connectivity index (χ1) is 13.3. The van der Waals surface area contributed by atoms with E-state index in [1.165, 1.54) is 4.90 Å². The van der Waals surface area contributed by atoms with Gasteiger partial charge in [-0.1, -0.05) is 6.07 Å². The first-order valence-electron chi connectivity index (χ1n) is 9.03. The number of nitrogens with one attached hydrogen (secondary N) is 1. The minimum absolute atomic E-state index is 0.0382. The Hall–Kier alpha value is -3.10. The van der Waals surface area contributed by atoms with Crippen LogP contribution in [0.4, 0.5) is 8.78 Å². The van der Waals surface area contributed by atoms with Crippen molar-refractivity contribution in [2.45, 2.75) is 25.7 Å². The van der Waals surface area contributed by atoms with Gasteiger partial charge in [0, 0.05) is 55.9 Å².